The molecule has 0 saturated carbocycles. The predicted octanol–water partition coefficient (Wildman–Crippen LogP) is 3.87. The van der Waals surface area contributed by atoms with E-state index in [1.807, 2.05) is 69.6 Å². The first-order chi connectivity index (χ1) is 17.7. The summed E-state index contributed by atoms with van der Waals surface area (Å²) < 4.78 is 9.09. The summed E-state index contributed by atoms with van der Waals surface area (Å²) in [5.74, 6) is 0.883. The number of nitrogens with zero attached hydrogens (tertiary/aromatic N) is 8. The maximum atomic E-state index is 12.6. The third-order valence-electron chi connectivity index (χ3n) is 6.99. The molecule has 37 heavy (non-hydrogen) atoms. The van der Waals surface area contributed by atoms with Gasteiger partial charge in [0.2, 0.25) is 0 Å². The molecule has 0 spiro atoms. The Hall–Kier alpha value is -4.39. The van der Waals surface area contributed by atoms with Crippen molar-refractivity contribution in [1.29, 1.82) is 5.26 Å². The second-order valence-corrected chi connectivity index (χ2v) is 10.7. The van der Waals surface area contributed by atoms with Crippen molar-refractivity contribution >= 4 is 17.4 Å². The molecule has 2 aliphatic heterocycles. The number of aryl methyl sites for hydroxylation is 1. The SMILES string of the molecule is Cn1cc(-c2cc(-c3ccc(N4C[C@@H]5C[C@H]4CN5C(=O)OC(C)(C)C)nc3)c3c(C#N)cnn3c2)cn1. The first kappa shape index (κ1) is 23.0. The lowest BCUT2D eigenvalue weighted by Crippen LogP contribution is -2.50. The van der Waals surface area contributed by atoms with Gasteiger partial charge in [-0.05, 0) is 45.4 Å². The number of carbonyl (C=O) groups excluding carboxylic acids is 1. The second kappa shape index (κ2) is 8.34. The van der Waals surface area contributed by atoms with Crippen molar-refractivity contribution in [2.24, 2.45) is 7.05 Å². The molecule has 0 unspecified atom stereocenters. The molecule has 2 aliphatic rings. The number of rotatable bonds is 3. The Morgan fingerprint density at radius 1 is 1.05 bits per heavy atom. The quantitative estimate of drug-likeness (QED) is 0.424. The zero-order chi connectivity index (χ0) is 25.9. The van der Waals surface area contributed by atoms with Crippen molar-refractivity contribution in [2.45, 2.75) is 44.9 Å². The van der Waals surface area contributed by atoms with Gasteiger partial charge < -0.3 is 14.5 Å². The number of pyridine rings is 2. The van der Waals surface area contributed by atoms with Crippen LogP contribution in [-0.4, -0.2) is 66.1 Å². The van der Waals surface area contributed by atoms with E-state index in [1.165, 1.54) is 0 Å². The number of hydrogen-bond acceptors (Lipinski definition) is 7. The highest BCUT2D eigenvalue weighted by Gasteiger charge is 2.47. The van der Waals surface area contributed by atoms with Crippen LogP contribution in [0.4, 0.5) is 10.6 Å². The monoisotopic (exact) mass is 496 g/mol. The van der Waals surface area contributed by atoms with Gasteiger partial charge in [-0.2, -0.15) is 15.5 Å². The highest BCUT2D eigenvalue weighted by Crippen LogP contribution is 2.36. The lowest BCUT2D eigenvalue weighted by molar-refractivity contribution is 0.0214. The third kappa shape index (κ3) is 4.06. The van der Waals surface area contributed by atoms with Crippen molar-refractivity contribution in [2.75, 3.05) is 18.0 Å². The number of hydrogen-bond donors (Lipinski definition) is 0. The Morgan fingerprint density at radius 3 is 2.51 bits per heavy atom. The molecular weight excluding hydrogens is 468 g/mol. The molecule has 6 rings (SSSR count). The molecule has 6 heterocycles. The lowest BCUT2D eigenvalue weighted by Gasteiger charge is -2.35. The number of ether oxygens (including phenoxy) is 1. The summed E-state index contributed by atoms with van der Waals surface area (Å²) >= 11 is 0. The van der Waals surface area contributed by atoms with Crippen LogP contribution in [0.2, 0.25) is 0 Å². The van der Waals surface area contributed by atoms with Crippen LogP contribution in [0, 0.1) is 11.3 Å². The highest BCUT2D eigenvalue weighted by atomic mass is 16.6. The molecule has 4 aromatic rings. The molecule has 2 bridgehead atoms. The molecule has 0 aromatic carbocycles. The third-order valence-corrected chi connectivity index (χ3v) is 6.99. The average Bonchev–Trinajstić information content (AvgIpc) is 3.65. The highest BCUT2D eigenvalue weighted by molar-refractivity contribution is 5.87. The van der Waals surface area contributed by atoms with Gasteiger partial charge in [0, 0.05) is 61.0 Å². The summed E-state index contributed by atoms with van der Waals surface area (Å²) in [5.41, 5.74) is 4.45. The van der Waals surface area contributed by atoms with Crippen molar-refractivity contribution in [3.63, 3.8) is 0 Å². The van der Waals surface area contributed by atoms with Crippen LogP contribution in [0.3, 0.4) is 0 Å². The Kier molecular flexibility index (Phi) is 5.19. The summed E-state index contributed by atoms with van der Waals surface area (Å²) in [6.07, 6.45) is 9.78. The Morgan fingerprint density at radius 2 is 1.89 bits per heavy atom. The van der Waals surface area contributed by atoms with Gasteiger partial charge in [-0.25, -0.2) is 14.3 Å². The first-order valence-corrected chi connectivity index (χ1v) is 12.3. The molecule has 2 saturated heterocycles. The molecule has 0 N–H and O–H groups in total. The summed E-state index contributed by atoms with van der Waals surface area (Å²) in [6, 6.07) is 8.71. The number of amides is 1. The average molecular weight is 497 g/mol. The van der Waals surface area contributed by atoms with E-state index in [2.05, 4.69) is 27.2 Å². The molecule has 0 aliphatic carbocycles. The minimum Gasteiger partial charge on any atom is -0.444 e. The smallest absolute Gasteiger partial charge is 0.410 e. The van der Waals surface area contributed by atoms with Gasteiger partial charge in [-0.3, -0.25) is 4.68 Å². The fourth-order valence-electron chi connectivity index (χ4n) is 5.36. The number of anilines is 1. The van der Waals surface area contributed by atoms with E-state index in [4.69, 9.17) is 9.72 Å². The second-order valence-electron chi connectivity index (χ2n) is 10.7. The van der Waals surface area contributed by atoms with E-state index in [0.717, 1.165) is 46.6 Å². The van der Waals surface area contributed by atoms with Crippen LogP contribution in [0.5, 0.6) is 0 Å². The van der Waals surface area contributed by atoms with Crippen LogP contribution in [0.25, 0.3) is 27.8 Å². The predicted molar refractivity (Wildman–Crippen MR) is 138 cm³/mol. The van der Waals surface area contributed by atoms with Gasteiger partial charge in [0.15, 0.2) is 0 Å². The van der Waals surface area contributed by atoms with Crippen molar-refractivity contribution in [3.05, 3.63) is 54.7 Å². The van der Waals surface area contributed by atoms with E-state index in [0.29, 0.717) is 12.1 Å². The molecule has 10 heteroatoms. The van der Waals surface area contributed by atoms with Crippen molar-refractivity contribution in [1.82, 2.24) is 29.3 Å². The van der Waals surface area contributed by atoms with Gasteiger partial charge in [0.25, 0.3) is 0 Å². The van der Waals surface area contributed by atoms with Crippen molar-refractivity contribution in [3.8, 4) is 28.3 Å². The molecule has 10 nitrogen and oxygen atoms in total. The molecule has 1 amide bonds. The number of likely N-dealkylation sites (tertiary alicyclic amines) is 1. The maximum Gasteiger partial charge on any atom is 0.410 e. The maximum absolute atomic E-state index is 12.6. The molecular formula is C27H28N8O2. The first-order valence-electron chi connectivity index (χ1n) is 12.3. The topological polar surface area (TPSA) is 105 Å². The van der Waals surface area contributed by atoms with E-state index in [-0.39, 0.29) is 18.2 Å². The van der Waals surface area contributed by atoms with Gasteiger partial charge in [0.05, 0.1) is 35.6 Å². The molecule has 188 valence electrons. The van der Waals surface area contributed by atoms with Gasteiger partial charge in [0.1, 0.15) is 17.5 Å². The Balaban J connectivity index is 1.28. The number of carbonyl (C=O) groups is 1. The number of nitriles is 1. The standard InChI is InChI=1S/C27H28N8O2/c1-27(2,3)37-26(36)34-16-21-8-22(34)15-33(21)24-6-5-17(10-29-24)23-7-18(20-12-30-32(4)13-20)14-35-25(23)19(9-28)11-31-35/h5-7,10-14,21-22H,8,15-16H2,1-4H3/t21-,22-/m0/s1. The van der Waals surface area contributed by atoms with Crippen molar-refractivity contribution < 1.29 is 9.53 Å². The fraction of sp³-hybridized carbons (Fsp3) is 0.370. The summed E-state index contributed by atoms with van der Waals surface area (Å²) in [7, 11) is 1.88. The zero-order valence-corrected chi connectivity index (χ0v) is 21.3. The van der Waals surface area contributed by atoms with Crippen LogP contribution in [-0.2, 0) is 11.8 Å². The summed E-state index contributed by atoms with van der Waals surface area (Å²) in [4.78, 5) is 21.5. The van der Waals surface area contributed by atoms with E-state index >= 15 is 0 Å². The normalized spacial score (nSPS) is 19.0. The lowest BCUT2D eigenvalue weighted by atomic mass is 10.0. The van der Waals surface area contributed by atoms with E-state index in [9.17, 15) is 10.1 Å². The summed E-state index contributed by atoms with van der Waals surface area (Å²) in [5, 5.41) is 18.4. The zero-order valence-electron chi connectivity index (χ0n) is 21.3. The number of piperazine rings is 1. The van der Waals surface area contributed by atoms with Gasteiger partial charge in [-0.1, -0.05) is 0 Å². The number of aromatic nitrogens is 5. The van der Waals surface area contributed by atoms with Crippen LogP contribution >= 0.6 is 0 Å². The van der Waals surface area contributed by atoms with E-state index < -0.39 is 5.60 Å². The largest absolute Gasteiger partial charge is 0.444 e. The molecule has 4 aromatic heterocycles. The molecule has 0 radical (unpaired) electrons. The fourth-order valence-corrected chi connectivity index (χ4v) is 5.36. The molecule has 2 atom stereocenters. The minimum absolute atomic E-state index is 0.127. The van der Waals surface area contributed by atoms with Crippen LogP contribution in [0.15, 0.2) is 49.2 Å². The Labute approximate surface area is 214 Å². The summed E-state index contributed by atoms with van der Waals surface area (Å²) in [6.45, 7) is 7.04. The molecule has 2 fully saturated rings. The number of fused-ring (bicyclic) bond motifs is 3. The Bertz CT molecular complexity index is 1540. The van der Waals surface area contributed by atoms with Gasteiger partial charge >= 0.3 is 6.09 Å². The minimum atomic E-state index is -0.503. The van der Waals surface area contributed by atoms with Gasteiger partial charge in [-0.15, -0.1) is 0 Å². The van der Waals surface area contributed by atoms with E-state index in [1.54, 1.807) is 15.4 Å². The van der Waals surface area contributed by atoms with Crippen LogP contribution in [0.1, 0.15) is 32.8 Å². The van der Waals surface area contributed by atoms with Crippen LogP contribution < -0.4 is 4.90 Å².